The minimum atomic E-state index is -1.18. The van der Waals surface area contributed by atoms with E-state index in [9.17, 15) is 14.4 Å². The summed E-state index contributed by atoms with van der Waals surface area (Å²) < 4.78 is 0. The zero-order valence-corrected chi connectivity index (χ0v) is 17.1. The highest BCUT2D eigenvalue weighted by Crippen LogP contribution is 2.60. The van der Waals surface area contributed by atoms with E-state index < -0.39 is 17.4 Å². The Kier molecular flexibility index (Phi) is 3.58. The summed E-state index contributed by atoms with van der Waals surface area (Å²) in [4.78, 5) is 44.3. The van der Waals surface area contributed by atoms with E-state index in [-0.39, 0.29) is 23.8 Å². The molecule has 3 amide bonds. The molecule has 4 heterocycles. The number of imide groups is 1. The van der Waals surface area contributed by atoms with Crippen LogP contribution in [0.1, 0.15) is 24.0 Å². The maximum Gasteiger partial charge on any atom is 0.250 e. The van der Waals surface area contributed by atoms with Crippen molar-refractivity contribution in [2.75, 3.05) is 16.8 Å². The first-order valence-electron chi connectivity index (χ1n) is 10.3. The molecule has 2 aromatic carbocycles. The lowest BCUT2D eigenvalue weighted by atomic mass is 9.75. The van der Waals surface area contributed by atoms with Gasteiger partial charge in [0.25, 0.3) is 0 Å². The average molecular weight is 422 g/mol. The summed E-state index contributed by atoms with van der Waals surface area (Å²) in [5, 5.41) is 3.47. The van der Waals surface area contributed by atoms with E-state index in [1.165, 1.54) is 4.90 Å². The third kappa shape index (κ3) is 2.01. The number of nitrogens with zero attached hydrogens (tertiary/aromatic N) is 2. The van der Waals surface area contributed by atoms with Gasteiger partial charge in [-0.2, -0.15) is 0 Å². The minimum Gasteiger partial charge on any atom is -0.324 e. The molecule has 4 atom stereocenters. The molecule has 0 unspecified atom stereocenters. The molecule has 4 aliphatic heterocycles. The molecule has 7 heteroatoms. The van der Waals surface area contributed by atoms with Gasteiger partial charge in [0.2, 0.25) is 17.7 Å². The number of carbonyl (C=O) groups is 3. The summed E-state index contributed by atoms with van der Waals surface area (Å²) in [7, 11) is 0. The second-order valence-electron chi connectivity index (χ2n) is 8.66. The Morgan fingerprint density at radius 3 is 2.60 bits per heavy atom. The van der Waals surface area contributed by atoms with Crippen molar-refractivity contribution >= 4 is 40.7 Å². The van der Waals surface area contributed by atoms with Gasteiger partial charge in [-0.1, -0.05) is 29.3 Å². The van der Waals surface area contributed by atoms with Crippen LogP contribution in [0.2, 0.25) is 5.02 Å². The maximum atomic E-state index is 13.8. The first-order valence-corrected chi connectivity index (χ1v) is 10.6. The van der Waals surface area contributed by atoms with Crippen LogP contribution >= 0.6 is 11.6 Å². The fourth-order valence-corrected chi connectivity index (χ4v) is 6.30. The molecule has 0 bridgehead atoms. The number of fused-ring (bicyclic) bond motifs is 7. The molecule has 1 spiro atoms. The molecule has 2 aromatic rings. The monoisotopic (exact) mass is 421 g/mol. The van der Waals surface area contributed by atoms with Gasteiger partial charge in [0, 0.05) is 22.3 Å². The Morgan fingerprint density at radius 2 is 1.83 bits per heavy atom. The van der Waals surface area contributed by atoms with Gasteiger partial charge in [0.1, 0.15) is 5.54 Å². The Hall–Kier alpha value is -2.70. The van der Waals surface area contributed by atoms with Crippen molar-refractivity contribution in [3.05, 3.63) is 58.6 Å². The van der Waals surface area contributed by atoms with E-state index >= 15 is 0 Å². The molecule has 0 saturated carbocycles. The summed E-state index contributed by atoms with van der Waals surface area (Å²) in [6.45, 7) is 2.64. The van der Waals surface area contributed by atoms with E-state index in [1.54, 1.807) is 30.3 Å². The van der Waals surface area contributed by atoms with Crippen LogP contribution < -0.4 is 10.2 Å². The lowest BCUT2D eigenvalue weighted by Gasteiger charge is -2.36. The normalized spacial score (nSPS) is 32.0. The molecule has 3 fully saturated rings. The van der Waals surface area contributed by atoms with Gasteiger partial charge in [-0.25, -0.2) is 4.90 Å². The van der Waals surface area contributed by atoms with Crippen LogP contribution in [0, 0.1) is 18.8 Å². The summed E-state index contributed by atoms with van der Waals surface area (Å²) in [5.74, 6) is -2.02. The van der Waals surface area contributed by atoms with E-state index in [1.807, 2.05) is 19.1 Å². The number of hydrogen-bond acceptors (Lipinski definition) is 4. The fraction of sp³-hybridized carbons (Fsp3) is 0.348. The number of rotatable bonds is 1. The Labute approximate surface area is 178 Å². The number of carbonyl (C=O) groups excluding carboxylic acids is 3. The van der Waals surface area contributed by atoms with Crippen molar-refractivity contribution in [3.8, 4) is 0 Å². The minimum absolute atomic E-state index is 0.127. The molecule has 6 nitrogen and oxygen atoms in total. The first-order chi connectivity index (χ1) is 14.4. The molecule has 0 radical (unpaired) electrons. The third-order valence-electron chi connectivity index (χ3n) is 7.25. The van der Waals surface area contributed by atoms with E-state index in [4.69, 9.17) is 11.6 Å². The Bertz CT molecular complexity index is 1130. The molecule has 0 aliphatic carbocycles. The average Bonchev–Trinajstić information content (AvgIpc) is 3.42. The number of hydrogen-bond donors (Lipinski definition) is 1. The summed E-state index contributed by atoms with van der Waals surface area (Å²) in [6, 6.07) is 12.5. The van der Waals surface area contributed by atoms with Crippen LogP contribution in [-0.4, -0.2) is 35.2 Å². The molecule has 30 heavy (non-hydrogen) atoms. The largest absolute Gasteiger partial charge is 0.324 e. The number of halogens is 1. The quantitative estimate of drug-likeness (QED) is 0.718. The zero-order valence-electron chi connectivity index (χ0n) is 16.4. The smallest absolute Gasteiger partial charge is 0.250 e. The lowest BCUT2D eigenvalue weighted by molar-refractivity contribution is -0.135. The Morgan fingerprint density at radius 1 is 1.07 bits per heavy atom. The van der Waals surface area contributed by atoms with E-state index in [0.717, 1.165) is 18.4 Å². The maximum absolute atomic E-state index is 13.8. The topological polar surface area (TPSA) is 69.7 Å². The Balaban J connectivity index is 1.56. The molecule has 4 aliphatic rings. The zero-order chi connectivity index (χ0) is 20.8. The molecule has 6 rings (SSSR count). The summed E-state index contributed by atoms with van der Waals surface area (Å²) in [6.07, 6.45) is 1.69. The number of nitrogens with one attached hydrogen (secondary N) is 1. The predicted molar refractivity (Wildman–Crippen MR) is 112 cm³/mol. The number of amides is 3. The van der Waals surface area contributed by atoms with Gasteiger partial charge in [-0.3, -0.25) is 19.3 Å². The fourth-order valence-electron chi connectivity index (χ4n) is 6.12. The van der Waals surface area contributed by atoms with Gasteiger partial charge in [0.05, 0.1) is 17.5 Å². The van der Waals surface area contributed by atoms with Gasteiger partial charge < -0.3 is 5.32 Å². The van der Waals surface area contributed by atoms with Crippen LogP contribution in [0.25, 0.3) is 0 Å². The van der Waals surface area contributed by atoms with Crippen LogP contribution in [0.3, 0.4) is 0 Å². The first kappa shape index (κ1) is 18.1. The third-order valence-corrected chi connectivity index (χ3v) is 7.48. The molecule has 0 aromatic heterocycles. The van der Waals surface area contributed by atoms with Crippen LogP contribution in [0.15, 0.2) is 42.5 Å². The highest BCUT2D eigenvalue weighted by atomic mass is 35.5. The van der Waals surface area contributed by atoms with Crippen molar-refractivity contribution < 1.29 is 14.4 Å². The number of aryl methyl sites for hydroxylation is 1. The van der Waals surface area contributed by atoms with Crippen molar-refractivity contribution in [3.63, 3.8) is 0 Å². The van der Waals surface area contributed by atoms with Crippen molar-refractivity contribution in [2.24, 2.45) is 11.8 Å². The highest BCUT2D eigenvalue weighted by molar-refractivity contribution is 6.31. The lowest BCUT2D eigenvalue weighted by Crippen LogP contribution is -2.54. The predicted octanol–water partition coefficient (Wildman–Crippen LogP) is 3.08. The van der Waals surface area contributed by atoms with Gasteiger partial charge in [-0.15, -0.1) is 0 Å². The van der Waals surface area contributed by atoms with Crippen molar-refractivity contribution in [1.82, 2.24) is 4.90 Å². The van der Waals surface area contributed by atoms with E-state index in [0.29, 0.717) is 28.5 Å². The molecule has 1 N–H and O–H groups in total. The van der Waals surface area contributed by atoms with Crippen LogP contribution in [0.4, 0.5) is 11.4 Å². The SMILES string of the molecule is Cc1ccc(N2C(=O)[C@@H]3[C@@H]4CCCN4[C@]4(C(=O)Nc5ccc(Cl)cc54)[C@H]3C2=O)cc1. The van der Waals surface area contributed by atoms with Gasteiger partial charge in [-0.05, 0) is 56.6 Å². The number of benzene rings is 2. The van der Waals surface area contributed by atoms with Crippen molar-refractivity contribution in [1.29, 1.82) is 0 Å². The van der Waals surface area contributed by atoms with Crippen LogP contribution in [0.5, 0.6) is 0 Å². The van der Waals surface area contributed by atoms with Crippen LogP contribution in [-0.2, 0) is 19.9 Å². The molecule has 152 valence electrons. The second-order valence-corrected chi connectivity index (χ2v) is 9.10. The number of anilines is 2. The molecule has 3 saturated heterocycles. The standard InChI is InChI=1S/C23H20ClN3O3/c1-12-4-7-14(8-5-12)27-20(28)18-17-3-2-10-26(17)23(19(18)21(27)29)15-11-13(24)6-9-16(15)25-22(23)30/h4-9,11,17-19H,2-3,10H2,1H3,(H,25,30)/t17-,18+,19+,23-/m0/s1. The summed E-state index contributed by atoms with van der Waals surface area (Å²) in [5.41, 5.74) is 1.82. The second kappa shape index (κ2) is 5.93. The molecular formula is C23H20ClN3O3. The molecular weight excluding hydrogens is 402 g/mol. The van der Waals surface area contributed by atoms with Crippen molar-refractivity contribution in [2.45, 2.75) is 31.3 Å². The van der Waals surface area contributed by atoms with E-state index in [2.05, 4.69) is 10.2 Å². The van der Waals surface area contributed by atoms with Gasteiger partial charge >= 0.3 is 0 Å². The highest BCUT2D eigenvalue weighted by Gasteiger charge is 2.74. The van der Waals surface area contributed by atoms with Gasteiger partial charge in [0.15, 0.2) is 0 Å². The summed E-state index contributed by atoms with van der Waals surface area (Å²) >= 11 is 6.30.